The summed E-state index contributed by atoms with van der Waals surface area (Å²) in [6.45, 7) is 2.01. The molecule has 0 radical (unpaired) electrons. The molecule has 0 aromatic carbocycles. The van der Waals surface area contributed by atoms with Crippen LogP contribution in [-0.2, 0) is 6.42 Å². The maximum absolute atomic E-state index is 9.12. The zero-order valence-electron chi connectivity index (χ0n) is 6.32. The summed E-state index contributed by atoms with van der Waals surface area (Å²) < 4.78 is 4.72. The molecule has 0 aliphatic rings. The molecule has 11 heavy (non-hydrogen) atoms. The number of nitrogens with two attached hydrogens (primary N) is 1. The van der Waals surface area contributed by atoms with Gasteiger partial charge in [0.15, 0.2) is 5.82 Å². The molecule has 1 atom stereocenters. The van der Waals surface area contributed by atoms with Gasteiger partial charge in [-0.1, -0.05) is 12.1 Å². The van der Waals surface area contributed by atoms with Gasteiger partial charge in [-0.3, -0.25) is 0 Å². The fourth-order valence-electron chi connectivity index (χ4n) is 0.647. The number of hydrogen-bond donors (Lipinski definition) is 2. The average molecular weight is 157 g/mol. The molecule has 0 fully saturated rings. The summed E-state index contributed by atoms with van der Waals surface area (Å²) in [5, 5.41) is 12.7. The molecule has 1 rings (SSSR count). The van der Waals surface area contributed by atoms with Gasteiger partial charge in [0.2, 0.25) is 0 Å². The van der Waals surface area contributed by atoms with Gasteiger partial charge in [0.25, 0.3) is 5.89 Å². The first-order valence-corrected chi connectivity index (χ1v) is 3.48. The van der Waals surface area contributed by atoms with E-state index in [1.54, 1.807) is 0 Å². The highest BCUT2D eigenvalue weighted by Gasteiger charge is 2.12. The Morgan fingerprint density at radius 3 is 2.91 bits per heavy atom. The topological polar surface area (TPSA) is 85.2 Å². The predicted octanol–water partition coefficient (Wildman–Crippen LogP) is -0.376. The molecule has 0 amide bonds. The highest BCUT2D eigenvalue weighted by Crippen LogP contribution is 2.07. The second-order valence-corrected chi connectivity index (χ2v) is 2.15. The molecule has 0 saturated heterocycles. The molecule has 5 nitrogen and oxygen atoms in total. The summed E-state index contributed by atoms with van der Waals surface area (Å²) in [6, 6.07) is 0. The van der Waals surface area contributed by atoms with Crippen LogP contribution in [0.4, 0.5) is 0 Å². The van der Waals surface area contributed by atoms with Crippen molar-refractivity contribution in [2.45, 2.75) is 19.4 Å². The lowest BCUT2D eigenvalue weighted by atomic mass is 10.3. The standard InChI is InChI=1S/C6H11N3O2/c1-2-5-8-6(11-9-5)4(10)3-7/h4,10H,2-3,7H2,1H3/t4-/m0/s1. The van der Waals surface area contributed by atoms with E-state index in [1.807, 2.05) is 6.92 Å². The Morgan fingerprint density at radius 2 is 2.45 bits per heavy atom. The summed E-state index contributed by atoms with van der Waals surface area (Å²) in [5.74, 6) is 0.789. The van der Waals surface area contributed by atoms with Crippen molar-refractivity contribution in [3.63, 3.8) is 0 Å². The fourth-order valence-corrected chi connectivity index (χ4v) is 0.647. The molecule has 5 heteroatoms. The largest absolute Gasteiger partial charge is 0.382 e. The molecule has 62 valence electrons. The minimum absolute atomic E-state index is 0.103. The quantitative estimate of drug-likeness (QED) is 0.625. The molecule has 0 aliphatic carbocycles. The number of aliphatic hydroxyl groups is 1. The highest BCUT2D eigenvalue weighted by atomic mass is 16.5. The van der Waals surface area contributed by atoms with E-state index in [0.29, 0.717) is 12.2 Å². The molecular weight excluding hydrogens is 146 g/mol. The van der Waals surface area contributed by atoms with Gasteiger partial charge < -0.3 is 15.4 Å². The lowest BCUT2D eigenvalue weighted by molar-refractivity contribution is 0.141. The smallest absolute Gasteiger partial charge is 0.256 e. The Hall–Kier alpha value is -0.940. The Labute approximate surface area is 64.2 Å². The third-order valence-corrected chi connectivity index (χ3v) is 1.31. The van der Waals surface area contributed by atoms with Crippen LogP contribution in [0.2, 0.25) is 0 Å². The maximum Gasteiger partial charge on any atom is 0.256 e. The molecule has 0 spiro atoms. The molecule has 1 heterocycles. The Kier molecular flexibility index (Phi) is 2.56. The summed E-state index contributed by atoms with van der Waals surface area (Å²) in [6.07, 6.45) is -0.136. The summed E-state index contributed by atoms with van der Waals surface area (Å²) in [5.41, 5.74) is 5.18. The predicted molar refractivity (Wildman–Crippen MR) is 37.7 cm³/mol. The van der Waals surface area contributed by atoms with Crippen molar-refractivity contribution in [3.8, 4) is 0 Å². The van der Waals surface area contributed by atoms with Crippen LogP contribution in [0.1, 0.15) is 24.7 Å². The minimum atomic E-state index is -0.831. The molecule has 1 aromatic rings. The Morgan fingerprint density at radius 1 is 1.73 bits per heavy atom. The molecule has 0 bridgehead atoms. The van der Waals surface area contributed by atoms with Gasteiger partial charge in [0.1, 0.15) is 6.10 Å². The summed E-state index contributed by atoms with van der Waals surface area (Å²) in [7, 11) is 0. The zero-order chi connectivity index (χ0) is 8.27. The normalized spacial score (nSPS) is 13.4. The third-order valence-electron chi connectivity index (χ3n) is 1.31. The van der Waals surface area contributed by atoms with Crippen LogP contribution in [-0.4, -0.2) is 21.8 Å². The average Bonchev–Trinajstić information content (AvgIpc) is 2.50. The first-order valence-electron chi connectivity index (χ1n) is 3.48. The Balaban J connectivity index is 2.71. The van der Waals surface area contributed by atoms with Crippen LogP contribution in [0.25, 0.3) is 0 Å². The summed E-state index contributed by atoms with van der Waals surface area (Å²) >= 11 is 0. The minimum Gasteiger partial charge on any atom is -0.382 e. The molecule has 1 aromatic heterocycles. The van der Waals surface area contributed by atoms with Crippen molar-refractivity contribution in [3.05, 3.63) is 11.7 Å². The van der Waals surface area contributed by atoms with Crippen molar-refractivity contribution >= 4 is 0 Å². The van der Waals surface area contributed by atoms with Crippen molar-refractivity contribution < 1.29 is 9.63 Å². The maximum atomic E-state index is 9.12. The van der Waals surface area contributed by atoms with Gasteiger partial charge in [-0.2, -0.15) is 4.98 Å². The van der Waals surface area contributed by atoms with Gasteiger partial charge in [-0.05, 0) is 0 Å². The Bertz CT molecular complexity index is 223. The molecule has 0 unspecified atom stereocenters. The van der Waals surface area contributed by atoms with Gasteiger partial charge in [-0.15, -0.1) is 0 Å². The number of aryl methyl sites for hydroxylation is 1. The zero-order valence-corrected chi connectivity index (χ0v) is 6.32. The van der Waals surface area contributed by atoms with E-state index in [-0.39, 0.29) is 12.4 Å². The third kappa shape index (κ3) is 1.75. The second kappa shape index (κ2) is 3.45. The van der Waals surface area contributed by atoms with Crippen LogP contribution in [0.3, 0.4) is 0 Å². The van der Waals surface area contributed by atoms with E-state index < -0.39 is 6.10 Å². The van der Waals surface area contributed by atoms with Crippen LogP contribution < -0.4 is 5.73 Å². The number of hydrogen-bond acceptors (Lipinski definition) is 5. The van der Waals surface area contributed by atoms with E-state index in [4.69, 9.17) is 15.4 Å². The van der Waals surface area contributed by atoms with Crippen molar-refractivity contribution in [2.24, 2.45) is 5.73 Å². The van der Waals surface area contributed by atoms with Gasteiger partial charge in [0.05, 0.1) is 0 Å². The SMILES string of the molecule is CCc1noc([C@@H](O)CN)n1. The number of nitrogens with zero attached hydrogens (tertiary/aromatic N) is 2. The lowest BCUT2D eigenvalue weighted by Gasteiger charge is -1.97. The highest BCUT2D eigenvalue weighted by molar-refractivity contribution is 4.89. The monoisotopic (exact) mass is 157 g/mol. The first kappa shape index (κ1) is 8.16. The molecule has 0 aliphatic heterocycles. The summed E-state index contributed by atoms with van der Waals surface area (Å²) in [4.78, 5) is 3.89. The number of rotatable bonds is 3. The van der Waals surface area contributed by atoms with Crippen LogP contribution in [0, 0.1) is 0 Å². The number of aliphatic hydroxyl groups excluding tert-OH is 1. The second-order valence-electron chi connectivity index (χ2n) is 2.15. The van der Waals surface area contributed by atoms with Gasteiger partial charge >= 0.3 is 0 Å². The molecule has 3 N–H and O–H groups in total. The molecular formula is C6H11N3O2. The van der Waals surface area contributed by atoms with E-state index in [9.17, 15) is 0 Å². The van der Waals surface area contributed by atoms with Crippen molar-refractivity contribution in [1.82, 2.24) is 10.1 Å². The van der Waals surface area contributed by atoms with E-state index in [1.165, 1.54) is 0 Å². The number of aromatic nitrogens is 2. The van der Waals surface area contributed by atoms with Crippen LogP contribution >= 0.6 is 0 Å². The van der Waals surface area contributed by atoms with E-state index >= 15 is 0 Å². The molecule has 0 saturated carbocycles. The van der Waals surface area contributed by atoms with Gasteiger partial charge in [-0.25, -0.2) is 0 Å². The lowest BCUT2D eigenvalue weighted by Crippen LogP contribution is -2.11. The fraction of sp³-hybridized carbons (Fsp3) is 0.667. The van der Waals surface area contributed by atoms with E-state index in [0.717, 1.165) is 0 Å². The van der Waals surface area contributed by atoms with Crippen LogP contribution in [0.15, 0.2) is 4.52 Å². The van der Waals surface area contributed by atoms with Crippen LogP contribution in [0.5, 0.6) is 0 Å². The van der Waals surface area contributed by atoms with E-state index in [2.05, 4.69) is 10.1 Å². The van der Waals surface area contributed by atoms with Crippen molar-refractivity contribution in [1.29, 1.82) is 0 Å². The van der Waals surface area contributed by atoms with Crippen molar-refractivity contribution in [2.75, 3.05) is 6.54 Å². The van der Waals surface area contributed by atoms with Gasteiger partial charge in [0, 0.05) is 13.0 Å². The first-order chi connectivity index (χ1) is 5.27.